The molecule has 0 bridgehead atoms. The number of thioether (sulfide) groups is 1. The number of hydrogen-bond acceptors (Lipinski definition) is 5. The Morgan fingerprint density at radius 1 is 1.24 bits per heavy atom. The van der Waals surface area contributed by atoms with E-state index in [-0.39, 0.29) is 11.5 Å². The molecule has 0 saturated heterocycles. The van der Waals surface area contributed by atoms with E-state index in [1.165, 1.54) is 0 Å². The molecule has 3 N–H and O–H groups in total. The molecule has 0 atom stereocenters. The minimum atomic E-state index is -0.0834. The van der Waals surface area contributed by atoms with Crippen LogP contribution < -0.4 is 16.2 Å². The van der Waals surface area contributed by atoms with Gasteiger partial charge in [0.15, 0.2) is 0 Å². The summed E-state index contributed by atoms with van der Waals surface area (Å²) in [5, 5.41) is 13.0. The summed E-state index contributed by atoms with van der Waals surface area (Å²) in [5.74, 6) is 4.21. The first-order chi connectivity index (χ1) is 14.2. The third kappa shape index (κ3) is 5.96. The maximum atomic E-state index is 12.2. The number of carbonyl (C=O) groups is 1. The van der Waals surface area contributed by atoms with Crippen molar-refractivity contribution in [1.29, 1.82) is 0 Å². The summed E-state index contributed by atoms with van der Waals surface area (Å²) in [4.78, 5) is 24.3. The second-order valence-corrected chi connectivity index (χ2v) is 8.16. The summed E-state index contributed by atoms with van der Waals surface area (Å²) in [6.07, 6.45) is 9.40. The molecule has 0 unspecified atom stereocenters. The van der Waals surface area contributed by atoms with Crippen molar-refractivity contribution in [2.75, 3.05) is 29.9 Å². The average Bonchev–Trinajstić information content (AvgIpc) is 2.74. The van der Waals surface area contributed by atoms with Gasteiger partial charge in [0.05, 0.1) is 12.2 Å². The zero-order valence-electron chi connectivity index (χ0n) is 16.4. The summed E-state index contributed by atoms with van der Waals surface area (Å²) in [7, 11) is 0. The first-order valence-electron chi connectivity index (χ1n) is 9.91. The van der Waals surface area contributed by atoms with Gasteiger partial charge in [0.25, 0.3) is 5.56 Å². The number of aromatic amines is 1. The van der Waals surface area contributed by atoms with Crippen LogP contribution in [0.2, 0.25) is 0 Å². The van der Waals surface area contributed by atoms with Gasteiger partial charge in [-0.1, -0.05) is 18.1 Å². The number of fused-ring (bicyclic) bond motifs is 1. The lowest BCUT2D eigenvalue weighted by Gasteiger charge is -2.17. The lowest BCUT2D eigenvalue weighted by Crippen LogP contribution is -2.21. The van der Waals surface area contributed by atoms with Crippen molar-refractivity contribution in [2.24, 2.45) is 0 Å². The van der Waals surface area contributed by atoms with Gasteiger partial charge in [-0.2, -0.15) is 16.9 Å². The fourth-order valence-electron chi connectivity index (χ4n) is 3.44. The fourth-order valence-corrected chi connectivity index (χ4v) is 4.26. The van der Waals surface area contributed by atoms with Crippen LogP contribution in [0.25, 0.3) is 11.3 Å². The molecular weight excluding hydrogens is 384 g/mol. The van der Waals surface area contributed by atoms with Gasteiger partial charge >= 0.3 is 0 Å². The zero-order chi connectivity index (χ0) is 20.5. The van der Waals surface area contributed by atoms with E-state index in [0.717, 1.165) is 71.8 Å². The van der Waals surface area contributed by atoms with Crippen LogP contribution in [-0.2, 0) is 17.6 Å². The lowest BCUT2D eigenvalue weighted by molar-refractivity contribution is -0.115. The highest BCUT2D eigenvalue weighted by Gasteiger charge is 2.19. The number of H-pyrrole nitrogens is 1. The Hall–Kier alpha value is -2.56. The molecule has 6 nitrogen and oxygen atoms in total. The topological polar surface area (TPSA) is 86.9 Å². The van der Waals surface area contributed by atoms with Crippen molar-refractivity contribution in [1.82, 2.24) is 15.5 Å². The molecule has 7 heteroatoms. The maximum absolute atomic E-state index is 12.2. The molecule has 29 heavy (non-hydrogen) atoms. The Bertz CT molecular complexity index is 949. The Labute approximate surface area is 175 Å². The first kappa shape index (κ1) is 21.2. The number of carbonyl (C=O) groups excluding carboxylic acids is 1. The number of nitrogens with one attached hydrogen (secondary N) is 3. The summed E-state index contributed by atoms with van der Waals surface area (Å²) >= 11 is 1.72. The molecule has 3 rings (SSSR count). The summed E-state index contributed by atoms with van der Waals surface area (Å²) in [6, 6.07) is 7.66. The summed E-state index contributed by atoms with van der Waals surface area (Å²) < 4.78 is 0. The highest BCUT2D eigenvalue weighted by molar-refractivity contribution is 7.99. The Morgan fingerprint density at radius 2 is 2.07 bits per heavy atom. The van der Waals surface area contributed by atoms with E-state index in [1.54, 1.807) is 11.8 Å². The minimum absolute atomic E-state index is 0.0114. The van der Waals surface area contributed by atoms with Crippen molar-refractivity contribution in [2.45, 2.75) is 32.1 Å². The number of rotatable bonds is 9. The molecular formula is C22H26N4O2S. The van der Waals surface area contributed by atoms with E-state index in [4.69, 9.17) is 6.42 Å². The molecule has 2 aromatic rings. The lowest BCUT2D eigenvalue weighted by atomic mass is 9.90. The summed E-state index contributed by atoms with van der Waals surface area (Å²) in [5.41, 5.74) is 4.27. The van der Waals surface area contributed by atoms with E-state index in [0.29, 0.717) is 13.0 Å². The second-order valence-electron chi connectivity index (χ2n) is 6.94. The molecule has 152 valence electrons. The van der Waals surface area contributed by atoms with Gasteiger partial charge in [-0.25, -0.2) is 5.10 Å². The van der Waals surface area contributed by atoms with Crippen molar-refractivity contribution in [3.63, 3.8) is 0 Å². The maximum Gasteiger partial charge on any atom is 0.267 e. The molecule has 1 aromatic carbocycles. The Morgan fingerprint density at radius 3 is 2.90 bits per heavy atom. The van der Waals surface area contributed by atoms with Crippen LogP contribution in [0.1, 0.15) is 30.4 Å². The van der Waals surface area contributed by atoms with Gasteiger partial charge in [-0.3, -0.25) is 9.59 Å². The number of hydrogen-bond donors (Lipinski definition) is 3. The van der Waals surface area contributed by atoms with E-state index in [1.807, 2.05) is 24.3 Å². The van der Waals surface area contributed by atoms with Gasteiger partial charge in [-0.15, -0.1) is 6.42 Å². The standard InChI is InChI=1S/C22H26N4O2S/c1-2-11-23-12-14-29-13-10-20(27)24-17-7-5-6-16(15-17)21-18-8-3-4-9-19(18)22(28)26-25-21/h1,5-7,15,23H,3-4,8-14H2,(H,24,27)(H,26,28). The molecule has 1 heterocycles. The predicted octanol–water partition coefficient (Wildman–Crippen LogP) is 2.60. The molecule has 1 aromatic heterocycles. The van der Waals surface area contributed by atoms with Gasteiger partial charge in [0.2, 0.25) is 5.91 Å². The average molecular weight is 411 g/mol. The van der Waals surface area contributed by atoms with E-state index >= 15 is 0 Å². The molecule has 0 saturated carbocycles. The number of aromatic nitrogens is 2. The number of terminal acetylenes is 1. The molecule has 0 aliphatic heterocycles. The number of benzene rings is 1. The third-order valence-electron chi connectivity index (χ3n) is 4.84. The van der Waals surface area contributed by atoms with E-state index in [2.05, 4.69) is 26.8 Å². The molecule has 0 spiro atoms. The first-order valence-corrected chi connectivity index (χ1v) is 11.1. The monoisotopic (exact) mass is 410 g/mol. The van der Waals surface area contributed by atoms with Crippen molar-refractivity contribution in [3.8, 4) is 23.6 Å². The van der Waals surface area contributed by atoms with Crippen LogP contribution in [0, 0.1) is 12.3 Å². The third-order valence-corrected chi connectivity index (χ3v) is 5.83. The van der Waals surface area contributed by atoms with Gasteiger partial charge < -0.3 is 10.6 Å². The minimum Gasteiger partial charge on any atom is -0.326 e. The Balaban J connectivity index is 1.59. The van der Waals surface area contributed by atoms with Gasteiger partial charge in [0.1, 0.15) is 0 Å². The normalized spacial score (nSPS) is 12.8. The van der Waals surface area contributed by atoms with Gasteiger partial charge in [0, 0.05) is 41.3 Å². The predicted molar refractivity (Wildman–Crippen MR) is 119 cm³/mol. The largest absolute Gasteiger partial charge is 0.326 e. The van der Waals surface area contributed by atoms with Crippen LogP contribution in [0.15, 0.2) is 29.1 Å². The highest BCUT2D eigenvalue weighted by atomic mass is 32.2. The molecule has 1 amide bonds. The second kappa shape index (κ2) is 10.8. The zero-order valence-corrected chi connectivity index (χ0v) is 17.2. The van der Waals surface area contributed by atoms with Crippen LogP contribution in [0.3, 0.4) is 0 Å². The molecule has 1 aliphatic rings. The number of amides is 1. The quantitative estimate of drug-likeness (QED) is 0.437. The SMILES string of the molecule is C#CCNCCSCCC(=O)Nc1cccc(-c2n[nH]c(=O)c3c2CCCC3)c1. The number of nitrogens with zero attached hydrogens (tertiary/aromatic N) is 1. The van der Waals surface area contributed by atoms with Crippen molar-refractivity contribution in [3.05, 3.63) is 45.7 Å². The van der Waals surface area contributed by atoms with E-state index in [9.17, 15) is 9.59 Å². The molecule has 1 aliphatic carbocycles. The van der Waals surface area contributed by atoms with Crippen molar-refractivity contribution >= 4 is 23.4 Å². The smallest absolute Gasteiger partial charge is 0.267 e. The van der Waals surface area contributed by atoms with Crippen LogP contribution in [-0.4, -0.2) is 40.7 Å². The van der Waals surface area contributed by atoms with Crippen LogP contribution >= 0.6 is 11.8 Å². The van der Waals surface area contributed by atoms with Crippen molar-refractivity contribution < 1.29 is 4.79 Å². The van der Waals surface area contributed by atoms with E-state index < -0.39 is 0 Å². The fraction of sp³-hybridized carbons (Fsp3) is 0.409. The Kier molecular flexibility index (Phi) is 7.91. The van der Waals surface area contributed by atoms with Crippen LogP contribution in [0.4, 0.5) is 5.69 Å². The van der Waals surface area contributed by atoms with Crippen LogP contribution in [0.5, 0.6) is 0 Å². The molecule has 0 radical (unpaired) electrons. The highest BCUT2D eigenvalue weighted by Crippen LogP contribution is 2.29. The number of anilines is 1. The molecule has 0 fully saturated rings. The summed E-state index contributed by atoms with van der Waals surface area (Å²) in [6.45, 7) is 1.42. The van der Waals surface area contributed by atoms with Gasteiger partial charge in [-0.05, 0) is 43.4 Å².